The molecular formula is C20H22N2O5. The fourth-order valence-electron chi connectivity index (χ4n) is 2.96. The molecule has 1 atom stereocenters. The highest BCUT2D eigenvalue weighted by Gasteiger charge is 2.23. The quantitative estimate of drug-likeness (QED) is 0.765. The van der Waals surface area contributed by atoms with Gasteiger partial charge in [-0.1, -0.05) is 0 Å². The Morgan fingerprint density at radius 1 is 0.926 bits per heavy atom. The number of nitrogens with zero attached hydrogens (tertiary/aromatic N) is 1. The zero-order valence-corrected chi connectivity index (χ0v) is 14.8. The molecule has 2 aromatic rings. The third kappa shape index (κ3) is 5.21. The highest BCUT2D eigenvalue weighted by atomic mass is 16.7. The number of benzene rings is 2. The molecule has 7 nitrogen and oxygen atoms in total. The molecule has 2 aromatic carbocycles. The minimum Gasteiger partial charge on any atom is -0.508 e. The maximum absolute atomic E-state index is 12.4. The van der Waals surface area contributed by atoms with Crippen molar-refractivity contribution in [3.8, 4) is 11.5 Å². The third-order valence-corrected chi connectivity index (χ3v) is 4.41. The summed E-state index contributed by atoms with van der Waals surface area (Å²) in [5.74, 6) is -0.543. The van der Waals surface area contributed by atoms with Gasteiger partial charge < -0.3 is 20.4 Å². The molecule has 3 rings (SSSR count). The highest BCUT2D eigenvalue weighted by molar-refractivity contribution is 5.94. The number of hydroxylamine groups is 2. The first kappa shape index (κ1) is 18.7. The number of phenols is 2. The van der Waals surface area contributed by atoms with Crippen LogP contribution < -0.4 is 5.32 Å². The van der Waals surface area contributed by atoms with Crippen molar-refractivity contribution in [2.24, 2.45) is 0 Å². The molecule has 0 unspecified atom stereocenters. The van der Waals surface area contributed by atoms with Gasteiger partial charge in [-0.2, -0.15) is 0 Å². The Labute approximate surface area is 157 Å². The molecule has 27 heavy (non-hydrogen) atoms. The van der Waals surface area contributed by atoms with Crippen LogP contribution >= 0.6 is 0 Å². The van der Waals surface area contributed by atoms with E-state index in [1.54, 1.807) is 17.2 Å². The van der Waals surface area contributed by atoms with Crippen LogP contribution in [0.3, 0.4) is 0 Å². The van der Waals surface area contributed by atoms with Gasteiger partial charge in [0.1, 0.15) is 11.5 Å². The summed E-state index contributed by atoms with van der Waals surface area (Å²) in [6.07, 6.45) is 2.55. The van der Waals surface area contributed by atoms with Crippen molar-refractivity contribution in [3.05, 3.63) is 59.7 Å². The first-order valence-corrected chi connectivity index (χ1v) is 8.87. The van der Waals surface area contributed by atoms with Gasteiger partial charge in [0, 0.05) is 18.2 Å². The standard InChI is InChI=1S/C20H22N2O5/c23-17-8-4-14(5-9-17)19(25)21-16-3-1-2-12-22(13-16)27-20(26)15-6-10-18(24)11-7-15/h4-11,16,23-24H,1-3,12-13H2,(H,21,25)/t16-/m1/s1. The van der Waals surface area contributed by atoms with Gasteiger partial charge in [-0.05, 0) is 67.8 Å². The molecule has 1 amide bonds. The Morgan fingerprint density at radius 3 is 2.15 bits per heavy atom. The second-order valence-electron chi connectivity index (χ2n) is 6.53. The molecule has 0 bridgehead atoms. The average Bonchev–Trinajstić information content (AvgIpc) is 2.87. The zero-order valence-electron chi connectivity index (χ0n) is 14.8. The molecule has 7 heteroatoms. The summed E-state index contributed by atoms with van der Waals surface area (Å²) >= 11 is 0. The zero-order chi connectivity index (χ0) is 19.2. The SMILES string of the molecule is O=C(N[C@@H]1CCCCN(OC(=O)c2ccc(O)cc2)C1)c1ccc(O)cc1. The number of hydrogen-bond donors (Lipinski definition) is 3. The average molecular weight is 370 g/mol. The maximum Gasteiger partial charge on any atom is 0.357 e. The molecule has 1 saturated heterocycles. The van der Waals surface area contributed by atoms with Gasteiger partial charge in [-0.25, -0.2) is 4.79 Å². The lowest BCUT2D eigenvalue weighted by Gasteiger charge is -2.23. The van der Waals surface area contributed by atoms with E-state index >= 15 is 0 Å². The van der Waals surface area contributed by atoms with Crippen molar-refractivity contribution < 1.29 is 24.6 Å². The van der Waals surface area contributed by atoms with Gasteiger partial charge in [0.2, 0.25) is 0 Å². The van der Waals surface area contributed by atoms with E-state index in [4.69, 9.17) is 4.84 Å². The van der Waals surface area contributed by atoms with Crippen molar-refractivity contribution in [1.29, 1.82) is 0 Å². The summed E-state index contributed by atoms with van der Waals surface area (Å²) in [4.78, 5) is 30.1. The van der Waals surface area contributed by atoms with E-state index in [1.807, 2.05) is 0 Å². The topological polar surface area (TPSA) is 99.1 Å². The van der Waals surface area contributed by atoms with E-state index < -0.39 is 5.97 Å². The molecule has 142 valence electrons. The molecule has 3 N–H and O–H groups in total. The molecule has 0 aliphatic carbocycles. The Kier molecular flexibility index (Phi) is 5.93. The van der Waals surface area contributed by atoms with Crippen LogP contribution in [0.4, 0.5) is 0 Å². The fraction of sp³-hybridized carbons (Fsp3) is 0.300. The molecule has 0 saturated carbocycles. The number of nitrogens with one attached hydrogen (secondary N) is 1. The number of phenolic OH excluding ortho intramolecular Hbond substituents is 2. The number of hydrogen-bond acceptors (Lipinski definition) is 6. The lowest BCUT2D eigenvalue weighted by atomic mass is 10.1. The van der Waals surface area contributed by atoms with Crippen LogP contribution in [0.2, 0.25) is 0 Å². The van der Waals surface area contributed by atoms with Gasteiger partial charge in [-0.3, -0.25) is 4.79 Å². The molecular weight excluding hydrogens is 348 g/mol. The van der Waals surface area contributed by atoms with Crippen molar-refractivity contribution in [3.63, 3.8) is 0 Å². The van der Waals surface area contributed by atoms with Gasteiger partial charge in [-0.15, -0.1) is 5.06 Å². The number of amides is 1. The van der Waals surface area contributed by atoms with Crippen molar-refractivity contribution in [1.82, 2.24) is 10.4 Å². The van der Waals surface area contributed by atoms with Crippen molar-refractivity contribution >= 4 is 11.9 Å². The summed E-state index contributed by atoms with van der Waals surface area (Å²) < 4.78 is 0. The maximum atomic E-state index is 12.4. The molecule has 1 aliphatic rings. The summed E-state index contributed by atoms with van der Waals surface area (Å²) in [5, 5.41) is 23.2. The molecule has 0 spiro atoms. The predicted molar refractivity (Wildman–Crippen MR) is 98.3 cm³/mol. The molecule has 1 aliphatic heterocycles. The Hall–Kier alpha value is -3.06. The summed E-state index contributed by atoms with van der Waals surface area (Å²) in [7, 11) is 0. The molecule has 0 radical (unpaired) electrons. The lowest BCUT2D eigenvalue weighted by Crippen LogP contribution is -2.43. The van der Waals surface area contributed by atoms with Crippen LogP contribution in [0.25, 0.3) is 0 Å². The van der Waals surface area contributed by atoms with Crippen molar-refractivity contribution in [2.75, 3.05) is 13.1 Å². The Balaban J connectivity index is 1.59. The Morgan fingerprint density at radius 2 is 1.52 bits per heavy atom. The van der Waals surface area contributed by atoms with E-state index in [2.05, 4.69) is 5.32 Å². The minimum absolute atomic E-state index is 0.0818. The second-order valence-corrected chi connectivity index (χ2v) is 6.53. The monoisotopic (exact) mass is 370 g/mol. The van der Waals surface area contributed by atoms with Crippen molar-refractivity contribution in [2.45, 2.75) is 25.3 Å². The normalized spacial score (nSPS) is 17.7. The van der Waals surface area contributed by atoms with Crippen LogP contribution in [0, 0.1) is 0 Å². The fourth-order valence-corrected chi connectivity index (χ4v) is 2.96. The molecule has 1 heterocycles. The van der Waals surface area contributed by atoms with Crippen LogP contribution in [-0.2, 0) is 4.84 Å². The van der Waals surface area contributed by atoms with Crippen LogP contribution in [0.15, 0.2) is 48.5 Å². The smallest absolute Gasteiger partial charge is 0.357 e. The van der Waals surface area contributed by atoms with Gasteiger partial charge in [0.05, 0.1) is 12.1 Å². The van der Waals surface area contributed by atoms with E-state index in [1.165, 1.54) is 36.4 Å². The van der Waals surface area contributed by atoms with E-state index in [0.29, 0.717) is 24.2 Å². The van der Waals surface area contributed by atoms with Gasteiger partial charge in [0.15, 0.2) is 0 Å². The molecule has 1 fully saturated rings. The van der Waals surface area contributed by atoms with Crippen LogP contribution in [-0.4, -0.2) is 46.3 Å². The lowest BCUT2D eigenvalue weighted by molar-refractivity contribution is -0.110. The largest absolute Gasteiger partial charge is 0.508 e. The minimum atomic E-state index is -0.500. The van der Waals surface area contributed by atoms with Gasteiger partial charge >= 0.3 is 5.97 Å². The summed E-state index contributed by atoms with van der Waals surface area (Å²) in [6, 6.07) is 11.8. The van der Waals surface area contributed by atoms with Crippen LogP contribution in [0.5, 0.6) is 11.5 Å². The highest BCUT2D eigenvalue weighted by Crippen LogP contribution is 2.16. The van der Waals surface area contributed by atoms with Gasteiger partial charge in [0.25, 0.3) is 5.91 Å². The number of carbonyl (C=O) groups is 2. The van der Waals surface area contributed by atoms with E-state index in [-0.39, 0.29) is 23.4 Å². The number of carbonyl (C=O) groups excluding carboxylic acids is 2. The third-order valence-electron chi connectivity index (χ3n) is 4.41. The van der Waals surface area contributed by atoms with E-state index in [9.17, 15) is 19.8 Å². The first-order chi connectivity index (χ1) is 13.0. The second kappa shape index (κ2) is 8.55. The Bertz CT molecular complexity index is 722. The summed E-state index contributed by atoms with van der Waals surface area (Å²) in [5.41, 5.74) is 0.811. The van der Waals surface area contributed by atoms with E-state index in [0.717, 1.165) is 19.3 Å². The first-order valence-electron chi connectivity index (χ1n) is 8.87. The number of aromatic hydroxyl groups is 2. The van der Waals surface area contributed by atoms with Crippen LogP contribution in [0.1, 0.15) is 40.0 Å². The predicted octanol–water partition coefficient (Wildman–Crippen LogP) is 2.45. The summed E-state index contributed by atoms with van der Waals surface area (Å²) in [6.45, 7) is 0.989. The number of rotatable bonds is 4. The molecule has 0 aromatic heterocycles.